The smallest absolute Gasteiger partial charge is 0.272 e. The Labute approximate surface area is 166 Å². The van der Waals surface area contributed by atoms with E-state index in [4.69, 9.17) is 0 Å². The molecule has 0 spiro atoms. The van der Waals surface area contributed by atoms with Crippen LogP contribution < -0.4 is 5.32 Å². The number of carbonyl (C=O) groups excluding carboxylic acids is 1. The molecule has 1 aliphatic carbocycles. The van der Waals surface area contributed by atoms with Crippen molar-refractivity contribution in [3.05, 3.63) is 53.7 Å². The largest absolute Gasteiger partial charge is 0.370 e. The molecule has 1 saturated heterocycles. The van der Waals surface area contributed by atoms with Gasteiger partial charge in [0.25, 0.3) is 5.91 Å². The number of nitrogens with one attached hydrogen (secondary N) is 1. The molecule has 5 nitrogen and oxygen atoms in total. The fourth-order valence-electron chi connectivity index (χ4n) is 3.93. The zero-order valence-corrected chi connectivity index (χ0v) is 16.4. The van der Waals surface area contributed by atoms with Gasteiger partial charge >= 0.3 is 0 Å². The maximum absolute atomic E-state index is 12.9. The molecule has 2 aromatic rings. The van der Waals surface area contributed by atoms with Crippen LogP contribution in [0.5, 0.6) is 0 Å². The Morgan fingerprint density at radius 3 is 2.61 bits per heavy atom. The molecule has 2 aliphatic rings. The van der Waals surface area contributed by atoms with Crippen LogP contribution in [0.1, 0.15) is 55.4 Å². The third kappa shape index (κ3) is 4.58. The van der Waals surface area contributed by atoms with E-state index >= 15 is 0 Å². The summed E-state index contributed by atoms with van der Waals surface area (Å²) in [5.41, 5.74) is 2.94. The van der Waals surface area contributed by atoms with Crippen LogP contribution in [-0.2, 0) is 0 Å². The van der Waals surface area contributed by atoms with E-state index in [1.54, 1.807) is 0 Å². The Bertz CT molecular complexity index is 841. The van der Waals surface area contributed by atoms with Crippen LogP contribution in [0.15, 0.2) is 48.0 Å². The summed E-state index contributed by atoms with van der Waals surface area (Å²) >= 11 is 0. The number of anilines is 1. The second-order valence-electron chi connectivity index (χ2n) is 7.61. The zero-order valence-electron chi connectivity index (χ0n) is 16.4. The van der Waals surface area contributed by atoms with Crippen molar-refractivity contribution in [1.29, 1.82) is 0 Å². The van der Waals surface area contributed by atoms with Crippen LogP contribution in [0.3, 0.4) is 0 Å². The Morgan fingerprint density at radius 1 is 1.04 bits per heavy atom. The first kappa shape index (κ1) is 18.7. The van der Waals surface area contributed by atoms with Crippen molar-refractivity contribution in [2.24, 2.45) is 0 Å². The number of benzene rings is 1. The fourth-order valence-corrected chi connectivity index (χ4v) is 3.93. The van der Waals surface area contributed by atoms with E-state index in [0.29, 0.717) is 11.5 Å². The first-order valence-corrected chi connectivity index (χ1v) is 10.5. The Kier molecular flexibility index (Phi) is 6.00. The summed E-state index contributed by atoms with van der Waals surface area (Å²) in [7, 11) is 0. The van der Waals surface area contributed by atoms with Gasteiger partial charge < -0.3 is 10.2 Å². The molecular formula is C23H28N4O. The number of amides is 1. The van der Waals surface area contributed by atoms with Crippen molar-refractivity contribution in [1.82, 2.24) is 14.9 Å². The number of hydrogen-bond donors (Lipinski definition) is 1. The van der Waals surface area contributed by atoms with E-state index in [9.17, 15) is 4.79 Å². The van der Waals surface area contributed by atoms with Crippen LogP contribution in [0.2, 0.25) is 0 Å². The molecule has 0 unspecified atom stereocenters. The van der Waals surface area contributed by atoms with E-state index in [0.717, 1.165) is 50.3 Å². The van der Waals surface area contributed by atoms with Crippen LogP contribution in [0, 0.1) is 0 Å². The highest BCUT2D eigenvalue weighted by Crippen LogP contribution is 2.22. The van der Waals surface area contributed by atoms with Crippen molar-refractivity contribution < 1.29 is 4.79 Å². The van der Waals surface area contributed by atoms with Crippen LogP contribution in [0.4, 0.5) is 5.82 Å². The quantitative estimate of drug-likeness (QED) is 0.744. The van der Waals surface area contributed by atoms with Crippen LogP contribution in [0.25, 0.3) is 11.4 Å². The van der Waals surface area contributed by atoms with Crippen molar-refractivity contribution in [2.45, 2.75) is 44.9 Å². The number of likely N-dealkylation sites (tertiary alicyclic amines) is 1. The minimum atomic E-state index is 0.00937. The van der Waals surface area contributed by atoms with Gasteiger partial charge in [0, 0.05) is 31.3 Å². The Hall–Kier alpha value is -2.69. The number of allylic oxidation sites excluding steroid dienone is 1. The molecule has 1 aliphatic heterocycles. The molecule has 0 saturated carbocycles. The van der Waals surface area contributed by atoms with E-state index in [2.05, 4.69) is 21.4 Å². The molecule has 4 rings (SSSR count). The monoisotopic (exact) mass is 376 g/mol. The van der Waals surface area contributed by atoms with E-state index in [-0.39, 0.29) is 5.91 Å². The lowest BCUT2D eigenvalue weighted by Crippen LogP contribution is -2.28. The van der Waals surface area contributed by atoms with Gasteiger partial charge in [0.15, 0.2) is 5.82 Å². The highest BCUT2D eigenvalue weighted by atomic mass is 16.2. The van der Waals surface area contributed by atoms with Gasteiger partial charge in [-0.3, -0.25) is 4.79 Å². The van der Waals surface area contributed by atoms with Crippen molar-refractivity contribution in [3.8, 4) is 11.4 Å². The van der Waals surface area contributed by atoms with Gasteiger partial charge in [-0.05, 0) is 44.9 Å². The van der Waals surface area contributed by atoms with E-state index in [1.165, 1.54) is 31.3 Å². The first-order valence-electron chi connectivity index (χ1n) is 10.5. The van der Waals surface area contributed by atoms with Gasteiger partial charge in [-0.15, -0.1) is 0 Å². The van der Waals surface area contributed by atoms with Crippen molar-refractivity contribution >= 4 is 11.7 Å². The highest BCUT2D eigenvalue weighted by Gasteiger charge is 2.22. The number of hydrogen-bond acceptors (Lipinski definition) is 4. The van der Waals surface area contributed by atoms with Crippen LogP contribution in [-0.4, -0.2) is 40.4 Å². The average Bonchev–Trinajstić information content (AvgIpc) is 3.29. The van der Waals surface area contributed by atoms with E-state index < -0.39 is 0 Å². The van der Waals surface area contributed by atoms with Gasteiger partial charge in [-0.25, -0.2) is 9.97 Å². The zero-order chi connectivity index (χ0) is 19.2. The normalized spacial score (nSPS) is 16.7. The predicted octanol–water partition coefficient (Wildman–Crippen LogP) is 4.68. The molecule has 28 heavy (non-hydrogen) atoms. The average molecular weight is 377 g/mol. The second kappa shape index (κ2) is 9.00. The molecule has 1 amide bonds. The molecule has 0 atom stereocenters. The Morgan fingerprint density at radius 2 is 1.86 bits per heavy atom. The minimum Gasteiger partial charge on any atom is -0.370 e. The van der Waals surface area contributed by atoms with Gasteiger partial charge in [-0.2, -0.15) is 0 Å². The van der Waals surface area contributed by atoms with Crippen LogP contribution >= 0.6 is 0 Å². The number of nitrogens with zero attached hydrogens (tertiary/aromatic N) is 3. The molecule has 2 heterocycles. The standard InChI is InChI=1S/C23H28N4O/c28-23(27-15-7-8-16-27)20-17-21(24-14-13-18-9-3-1-4-10-18)26-22(25-20)19-11-5-2-6-12-19/h2,5-6,9,11-12,17H,1,3-4,7-8,10,13-16H2,(H,24,25,26). The summed E-state index contributed by atoms with van der Waals surface area (Å²) in [6.45, 7) is 2.47. The number of aromatic nitrogens is 2. The molecule has 1 aromatic carbocycles. The maximum atomic E-state index is 12.9. The minimum absolute atomic E-state index is 0.00937. The summed E-state index contributed by atoms with van der Waals surface area (Å²) in [5, 5.41) is 3.43. The molecule has 1 aromatic heterocycles. The summed E-state index contributed by atoms with van der Waals surface area (Å²) in [4.78, 5) is 24.1. The van der Waals surface area contributed by atoms with Gasteiger partial charge in [0.1, 0.15) is 11.5 Å². The van der Waals surface area contributed by atoms with E-state index in [1.807, 2.05) is 41.3 Å². The number of rotatable bonds is 6. The molecular weight excluding hydrogens is 348 g/mol. The summed E-state index contributed by atoms with van der Waals surface area (Å²) in [6.07, 6.45) is 10.6. The maximum Gasteiger partial charge on any atom is 0.272 e. The topological polar surface area (TPSA) is 58.1 Å². The fraction of sp³-hybridized carbons (Fsp3) is 0.435. The first-order chi connectivity index (χ1) is 13.8. The number of carbonyl (C=O) groups is 1. The van der Waals surface area contributed by atoms with Crippen molar-refractivity contribution in [2.75, 3.05) is 25.0 Å². The predicted molar refractivity (Wildman–Crippen MR) is 112 cm³/mol. The molecule has 0 radical (unpaired) electrons. The third-order valence-corrected chi connectivity index (χ3v) is 5.51. The van der Waals surface area contributed by atoms with Crippen molar-refractivity contribution in [3.63, 3.8) is 0 Å². The molecule has 0 bridgehead atoms. The van der Waals surface area contributed by atoms with Gasteiger partial charge in [0.2, 0.25) is 0 Å². The molecule has 1 fully saturated rings. The molecule has 5 heteroatoms. The summed E-state index contributed by atoms with van der Waals surface area (Å²) < 4.78 is 0. The van der Waals surface area contributed by atoms with Gasteiger partial charge in [0.05, 0.1) is 0 Å². The SMILES string of the molecule is O=C(c1cc(NCCC2=CCCCC2)nc(-c2ccccc2)n1)N1CCCC1. The highest BCUT2D eigenvalue weighted by molar-refractivity contribution is 5.93. The van der Waals surface area contributed by atoms with Gasteiger partial charge in [-0.1, -0.05) is 42.0 Å². The lowest BCUT2D eigenvalue weighted by atomic mass is 9.97. The summed E-state index contributed by atoms with van der Waals surface area (Å²) in [5.74, 6) is 1.34. The molecule has 146 valence electrons. The Balaban J connectivity index is 1.54. The third-order valence-electron chi connectivity index (χ3n) is 5.51. The summed E-state index contributed by atoms with van der Waals surface area (Å²) in [6, 6.07) is 11.7. The second-order valence-corrected chi connectivity index (χ2v) is 7.61. The lowest BCUT2D eigenvalue weighted by molar-refractivity contribution is 0.0787. The lowest BCUT2D eigenvalue weighted by Gasteiger charge is -2.17. The molecule has 1 N–H and O–H groups in total.